The molecular weight excluding hydrogens is 326 g/mol. The van der Waals surface area contributed by atoms with Crippen molar-refractivity contribution in [3.8, 4) is 5.75 Å². The van der Waals surface area contributed by atoms with Crippen LogP contribution in [0.1, 0.15) is 0 Å². The summed E-state index contributed by atoms with van der Waals surface area (Å²) in [5.74, 6) is -0.0907. The van der Waals surface area contributed by atoms with Crippen molar-refractivity contribution in [1.29, 1.82) is 0 Å². The summed E-state index contributed by atoms with van der Waals surface area (Å²) in [5.41, 5.74) is 0.832. The van der Waals surface area contributed by atoms with Gasteiger partial charge in [-0.3, -0.25) is 9.59 Å². The van der Waals surface area contributed by atoms with Crippen LogP contribution in [0.25, 0.3) is 10.2 Å². The highest BCUT2D eigenvalue weighted by atomic mass is 32.1. The van der Waals surface area contributed by atoms with E-state index in [9.17, 15) is 9.59 Å². The molecule has 1 heterocycles. The predicted octanol–water partition coefficient (Wildman–Crippen LogP) is 2.43. The van der Waals surface area contributed by atoms with Crippen molar-refractivity contribution in [2.75, 3.05) is 18.5 Å². The molecule has 0 unspecified atom stereocenters. The van der Waals surface area contributed by atoms with Gasteiger partial charge in [0, 0.05) is 0 Å². The molecule has 0 aliphatic rings. The first-order valence-electron chi connectivity index (χ1n) is 7.31. The Bertz CT molecular complexity index is 815. The number of nitrogens with one attached hydrogen (secondary N) is 2. The minimum absolute atomic E-state index is 0.132. The minimum Gasteiger partial charge on any atom is -0.484 e. The Morgan fingerprint density at radius 3 is 2.54 bits per heavy atom. The number of carbonyl (C=O) groups is 2. The smallest absolute Gasteiger partial charge is 0.258 e. The zero-order valence-corrected chi connectivity index (χ0v) is 13.5. The Morgan fingerprint density at radius 2 is 1.75 bits per heavy atom. The number of carbonyl (C=O) groups excluding carboxylic acids is 2. The molecule has 0 aliphatic heterocycles. The molecule has 6 nitrogen and oxygen atoms in total. The highest BCUT2D eigenvalue weighted by Gasteiger charge is 2.09. The highest BCUT2D eigenvalue weighted by molar-refractivity contribution is 7.22. The van der Waals surface area contributed by atoms with Crippen molar-refractivity contribution in [3.05, 3.63) is 54.6 Å². The second-order valence-electron chi connectivity index (χ2n) is 4.91. The number of nitrogens with zero attached hydrogens (tertiary/aromatic N) is 1. The van der Waals surface area contributed by atoms with Gasteiger partial charge in [-0.1, -0.05) is 41.7 Å². The van der Waals surface area contributed by atoms with Gasteiger partial charge in [0.15, 0.2) is 11.7 Å². The lowest BCUT2D eigenvalue weighted by Crippen LogP contribution is -2.35. The summed E-state index contributed by atoms with van der Waals surface area (Å²) >= 11 is 1.39. The number of hydrogen-bond donors (Lipinski definition) is 2. The van der Waals surface area contributed by atoms with Crippen molar-refractivity contribution >= 4 is 38.5 Å². The third kappa shape index (κ3) is 4.30. The molecule has 0 bridgehead atoms. The van der Waals surface area contributed by atoms with Gasteiger partial charge in [0.1, 0.15) is 5.75 Å². The molecule has 7 heteroatoms. The first-order valence-corrected chi connectivity index (χ1v) is 8.12. The zero-order chi connectivity index (χ0) is 16.8. The molecule has 2 amide bonds. The van der Waals surface area contributed by atoms with Gasteiger partial charge in [-0.05, 0) is 24.3 Å². The fourth-order valence-electron chi connectivity index (χ4n) is 1.98. The van der Waals surface area contributed by atoms with Gasteiger partial charge in [-0.25, -0.2) is 4.98 Å². The van der Waals surface area contributed by atoms with Gasteiger partial charge >= 0.3 is 0 Å². The molecule has 0 spiro atoms. The molecule has 0 fully saturated rings. The van der Waals surface area contributed by atoms with Crippen LogP contribution in [0.2, 0.25) is 0 Å². The summed E-state index contributed by atoms with van der Waals surface area (Å²) in [6, 6.07) is 16.6. The molecule has 122 valence electrons. The van der Waals surface area contributed by atoms with Gasteiger partial charge in [-0.15, -0.1) is 0 Å². The van der Waals surface area contributed by atoms with E-state index in [1.165, 1.54) is 11.3 Å². The first-order chi connectivity index (χ1) is 11.7. The molecule has 0 saturated heterocycles. The van der Waals surface area contributed by atoms with Gasteiger partial charge in [0.25, 0.3) is 5.91 Å². The third-order valence-electron chi connectivity index (χ3n) is 3.10. The van der Waals surface area contributed by atoms with E-state index in [4.69, 9.17) is 4.74 Å². The van der Waals surface area contributed by atoms with Crippen molar-refractivity contribution in [2.45, 2.75) is 0 Å². The van der Waals surface area contributed by atoms with E-state index in [-0.39, 0.29) is 25.0 Å². The maximum Gasteiger partial charge on any atom is 0.258 e. The Labute approximate surface area is 142 Å². The summed E-state index contributed by atoms with van der Waals surface area (Å²) in [7, 11) is 0. The van der Waals surface area contributed by atoms with E-state index >= 15 is 0 Å². The number of anilines is 1. The van der Waals surface area contributed by atoms with Crippen LogP contribution in [-0.2, 0) is 9.59 Å². The normalized spacial score (nSPS) is 10.3. The molecule has 2 N–H and O–H groups in total. The second-order valence-corrected chi connectivity index (χ2v) is 5.94. The number of rotatable bonds is 6. The molecule has 3 aromatic rings. The van der Waals surface area contributed by atoms with Crippen LogP contribution in [0.15, 0.2) is 54.6 Å². The monoisotopic (exact) mass is 341 g/mol. The van der Waals surface area contributed by atoms with E-state index in [0.717, 1.165) is 10.2 Å². The summed E-state index contributed by atoms with van der Waals surface area (Å²) < 4.78 is 6.30. The number of ether oxygens (including phenoxy) is 1. The molecule has 0 aliphatic carbocycles. The number of amides is 2. The van der Waals surface area contributed by atoms with E-state index in [1.54, 1.807) is 12.1 Å². The van der Waals surface area contributed by atoms with Gasteiger partial charge in [-0.2, -0.15) is 0 Å². The summed E-state index contributed by atoms with van der Waals surface area (Å²) in [5, 5.41) is 5.69. The molecule has 0 atom stereocenters. The van der Waals surface area contributed by atoms with E-state index < -0.39 is 0 Å². The van der Waals surface area contributed by atoms with Crippen LogP contribution in [0.5, 0.6) is 5.75 Å². The van der Waals surface area contributed by atoms with Crippen LogP contribution in [-0.4, -0.2) is 29.9 Å². The Kier molecular flexibility index (Phi) is 5.02. The topological polar surface area (TPSA) is 80.3 Å². The van der Waals surface area contributed by atoms with Gasteiger partial charge < -0.3 is 15.4 Å². The largest absolute Gasteiger partial charge is 0.484 e. The maximum absolute atomic E-state index is 11.9. The predicted molar refractivity (Wildman–Crippen MR) is 93.2 cm³/mol. The van der Waals surface area contributed by atoms with Crippen LogP contribution in [0, 0.1) is 0 Å². The molecule has 2 aromatic carbocycles. The van der Waals surface area contributed by atoms with E-state index in [0.29, 0.717) is 10.9 Å². The van der Waals surface area contributed by atoms with Crippen LogP contribution < -0.4 is 15.4 Å². The molecule has 3 rings (SSSR count). The van der Waals surface area contributed by atoms with Crippen molar-refractivity contribution < 1.29 is 14.3 Å². The standard InChI is InChI=1S/C17H15N3O3S/c21-15(20-17-19-13-8-4-5-9-14(13)24-17)10-18-16(22)11-23-12-6-2-1-3-7-12/h1-9H,10-11H2,(H,18,22)(H,19,20,21). The molecular formula is C17H15N3O3S. The van der Waals surface area contributed by atoms with Crippen LogP contribution in [0.4, 0.5) is 5.13 Å². The fourth-order valence-corrected chi connectivity index (χ4v) is 2.87. The average molecular weight is 341 g/mol. The molecule has 24 heavy (non-hydrogen) atoms. The number of hydrogen-bond acceptors (Lipinski definition) is 5. The quantitative estimate of drug-likeness (QED) is 0.722. The average Bonchev–Trinajstić information content (AvgIpc) is 3.01. The summed E-state index contributed by atoms with van der Waals surface area (Å²) in [6.07, 6.45) is 0. The van der Waals surface area contributed by atoms with Gasteiger partial charge in [0.2, 0.25) is 5.91 Å². The Morgan fingerprint density at radius 1 is 1.00 bits per heavy atom. The summed E-state index contributed by atoms with van der Waals surface area (Å²) in [6.45, 7) is -0.272. The fraction of sp³-hybridized carbons (Fsp3) is 0.118. The SMILES string of the molecule is O=C(COc1ccccc1)NCC(=O)Nc1nc2ccccc2s1. The second kappa shape index (κ2) is 7.56. The molecule has 1 aromatic heterocycles. The van der Waals surface area contributed by atoms with Crippen molar-refractivity contribution in [3.63, 3.8) is 0 Å². The van der Waals surface area contributed by atoms with E-state index in [2.05, 4.69) is 15.6 Å². The number of para-hydroxylation sites is 2. The lowest BCUT2D eigenvalue weighted by molar-refractivity contribution is -0.125. The number of thiazole rings is 1. The summed E-state index contributed by atoms with van der Waals surface area (Å²) in [4.78, 5) is 27.9. The highest BCUT2D eigenvalue weighted by Crippen LogP contribution is 2.25. The van der Waals surface area contributed by atoms with Crippen molar-refractivity contribution in [1.82, 2.24) is 10.3 Å². The van der Waals surface area contributed by atoms with E-state index in [1.807, 2.05) is 42.5 Å². The first kappa shape index (κ1) is 15.9. The van der Waals surface area contributed by atoms with Crippen LogP contribution >= 0.6 is 11.3 Å². The molecule has 0 saturated carbocycles. The Hall–Kier alpha value is -2.93. The third-order valence-corrected chi connectivity index (χ3v) is 4.05. The van der Waals surface area contributed by atoms with Crippen molar-refractivity contribution in [2.24, 2.45) is 0 Å². The Balaban J connectivity index is 1.44. The minimum atomic E-state index is -0.363. The number of fused-ring (bicyclic) bond motifs is 1. The zero-order valence-electron chi connectivity index (χ0n) is 12.7. The lowest BCUT2D eigenvalue weighted by Gasteiger charge is -2.07. The number of benzene rings is 2. The maximum atomic E-state index is 11.9. The lowest BCUT2D eigenvalue weighted by atomic mass is 10.3. The molecule has 0 radical (unpaired) electrons. The van der Waals surface area contributed by atoms with Crippen LogP contribution in [0.3, 0.4) is 0 Å². The van der Waals surface area contributed by atoms with Gasteiger partial charge in [0.05, 0.1) is 16.8 Å². The number of aromatic nitrogens is 1.